The minimum atomic E-state index is -0.465. The van der Waals surface area contributed by atoms with Gasteiger partial charge < -0.3 is 30.2 Å². The fraction of sp³-hybridized carbons (Fsp3) is 0.381. The van der Waals surface area contributed by atoms with Crippen molar-refractivity contribution >= 4 is 28.7 Å². The number of methoxy groups -OCH3 is 3. The first kappa shape index (κ1) is 21.7. The van der Waals surface area contributed by atoms with Gasteiger partial charge in [0.25, 0.3) is 0 Å². The highest BCUT2D eigenvalue weighted by Gasteiger charge is 2.31. The lowest BCUT2D eigenvalue weighted by Gasteiger charge is -2.36. The Kier molecular flexibility index (Phi) is 6.28. The predicted molar refractivity (Wildman–Crippen MR) is 119 cm³/mol. The highest BCUT2D eigenvalue weighted by Crippen LogP contribution is 2.33. The number of nitrogens with two attached hydrogens (primary N) is 1. The molecule has 1 aromatic carbocycles. The highest BCUT2D eigenvalue weighted by atomic mass is 16.5. The van der Waals surface area contributed by atoms with E-state index in [1.807, 2.05) is 17.0 Å². The number of Topliss-reactive ketones (excluding diaryl/α,β-unsaturated/α-hetero) is 1. The monoisotopic (exact) mass is 439 g/mol. The molecule has 11 heteroatoms. The largest absolute Gasteiger partial charge is 0.493 e. The molecule has 11 nitrogen and oxygen atoms in total. The van der Waals surface area contributed by atoms with Crippen LogP contribution in [0.1, 0.15) is 0 Å². The summed E-state index contributed by atoms with van der Waals surface area (Å²) in [5.41, 5.74) is 8.16. The number of nitrogens with one attached hydrogen (secondary N) is 1. The normalized spacial score (nSPS) is 16.2. The molecule has 168 valence electrons. The van der Waals surface area contributed by atoms with E-state index in [0.29, 0.717) is 53.8 Å². The molecule has 3 aromatic rings. The average Bonchev–Trinajstić information content (AvgIpc) is 2.83. The van der Waals surface area contributed by atoms with Crippen LogP contribution in [0.4, 0.5) is 11.8 Å². The van der Waals surface area contributed by atoms with E-state index in [2.05, 4.69) is 20.3 Å². The van der Waals surface area contributed by atoms with Crippen LogP contribution < -0.4 is 25.4 Å². The zero-order valence-corrected chi connectivity index (χ0v) is 18.2. The number of ketones is 1. The number of hydrogen-bond donors (Lipinski definition) is 2. The number of carbonyl (C=O) groups excluding carboxylic acids is 1. The van der Waals surface area contributed by atoms with Crippen molar-refractivity contribution in [2.24, 2.45) is 0 Å². The summed E-state index contributed by atoms with van der Waals surface area (Å²) in [6.07, 6.45) is 1.62. The second kappa shape index (κ2) is 9.28. The zero-order chi connectivity index (χ0) is 22.7. The molecule has 2 aromatic heterocycles. The van der Waals surface area contributed by atoms with E-state index < -0.39 is 6.04 Å². The number of nitrogens with zero attached hydrogens (tertiary/aromatic N) is 5. The molecule has 0 aliphatic carbocycles. The first-order valence-corrected chi connectivity index (χ1v) is 10.1. The quantitative estimate of drug-likeness (QED) is 0.537. The fourth-order valence-corrected chi connectivity index (χ4v) is 3.73. The lowest BCUT2D eigenvalue weighted by Crippen LogP contribution is -2.56. The minimum absolute atomic E-state index is 0.00389. The van der Waals surface area contributed by atoms with Gasteiger partial charge in [-0.1, -0.05) is 0 Å². The molecule has 0 radical (unpaired) electrons. The first-order valence-electron chi connectivity index (χ1n) is 10.1. The number of benzene rings is 1. The van der Waals surface area contributed by atoms with E-state index in [4.69, 9.17) is 24.9 Å². The average molecular weight is 439 g/mol. The van der Waals surface area contributed by atoms with Gasteiger partial charge in [0, 0.05) is 32.3 Å². The number of aromatic nitrogens is 4. The van der Waals surface area contributed by atoms with Gasteiger partial charge in [0.1, 0.15) is 12.6 Å². The number of hydrogen-bond acceptors (Lipinski definition) is 11. The summed E-state index contributed by atoms with van der Waals surface area (Å²) in [5, 5.41) is 3.24. The Morgan fingerprint density at radius 1 is 1.19 bits per heavy atom. The second-order valence-electron chi connectivity index (χ2n) is 7.22. The van der Waals surface area contributed by atoms with Crippen LogP contribution in [0, 0.1) is 0 Å². The summed E-state index contributed by atoms with van der Waals surface area (Å²) in [6.45, 7) is 1.71. The third kappa shape index (κ3) is 4.12. The standard InChI is InChI=1S/C21H25N7O4/c1-30-11-15(29)14-10-23-6-7-28(14)20-18-19(26-21(22)27-20)24-9-13(25-18)12-4-5-16(31-2)17(8-12)32-3/h4-5,8-9,14,23H,6-7,10-11H2,1-3H3,(H2,22,24,26,27). The van der Waals surface area contributed by atoms with Crippen molar-refractivity contribution in [1.82, 2.24) is 25.3 Å². The fourth-order valence-electron chi connectivity index (χ4n) is 3.73. The maximum atomic E-state index is 12.7. The Bertz CT molecular complexity index is 1140. The van der Waals surface area contributed by atoms with Gasteiger partial charge in [-0.3, -0.25) is 4.79 Å². The first-order chi connectivity index (χ1) is 15.5. The number of anilines is 2. The van der Waals surface area contributed by atoms with Crippen molar-refractivity contribution in [1.29, 1.82) is 0 Å². The smallest absolute Gasteiger partial charge is 0.224 e. The molecular formula is C21H25N7O4. The van der Waals surface area contributed by atoms with Gasteiger partial charge in [-0.05, 0) is 18.2 Å². The number of ether oxygens (including phenoxy) is 3. The molecule has 3 heterocycles. The van der Waals surface area contributed by atoms with Crippen LogP contribution in [0.2, 0.25) is 0 Å². The molecule has 3 N–H and O–H groups in total. The molecule has 1 fully saturated rings. The number of fused-ring (bicyclic) bond motifs is 1. The molecule has 0 spiro atoms. The van der Waals surface area contributed by atoms with Crippen molar-refractivity contribution < 1.29 is 19.0 Å². The summed E-state index contributed by atoms with van der Waals surface area (Å²) in [6, 6.07) is 5.02. The van der Waals surface area contributed by atoms with E-state index in [1.165, 1.54) is 7.11 Å². The number of nitrogen functional groups attached to an aromatic ring is 1. The maximum Gasteiger partial charge on any atom is 0.224 e. The molecule has 1 aliphatic heterocycles. The Morgan fingerprint density at radius 3 is 2.75 bits per heavy atom. The van der Waals surface area contributed by atoms with Gasteiger partial charge in [0.2, 0.25) is 5.95 Å². The summed E-state index contributed by atoms with van der Waals surface area (Å²) in [4.78, 5) is 32.5. The van der Waals surface area contributed by atoms with Gasteiger partial charge in [0.15, 0.2) is 34.3 Å². The van der Waals surface area contributed by atoms with Gasteiger partial charge in [-0.15, -0.1) is 0 Å². The van der Waals surface area contributed by atoms with E-state index >= 15 is 0 Å². The Balaban J connectivity index is 1.82. The summed E-state index contributed by atoms with van der Waals surface area (Å²) in [7, 11) is 4.65. The molecule has 4 rings (SSSR count). The topological polar surface area (TPSA) is 138 Å². The van der Waals surface area contributed by atoms with Gasteiger partial charge >= 0.3 is 0 Å². The second-order valence-corrected chi connectivity index (χ2v) is 7.22. The maximum absolute atomic E-state index is 12.7. The van der Waals surface area contributed by atoms with Crippen molar-refractivity contribution in [2.75, 3.05) is 58.2 Å². The number of rotatable bonds is 7. The number of carbonyl (C=O) groups is 1. The third-order valence-electron chi connectivity index (χ3n) is 5.26. The SMILES string of the molecule is COCC(=O)C1CNCCN1c1nc(N)nc2ncc(-c3ccc(OC)c(OC)c3)nc12. The van der Waals surface area contributed by atoms with E-state index in [9.17, 15) is 4.79 Å². The van der Waals surface area contributed by atoms with E-state index in [0.717, 1.165) is 5.56 Å². The predicted octanol–water partition coefficient (Wildman–Crippen LogP) is 0.680. The van der Waals surface area contributed by atoms with Gasteiger partial charge in [0.05, 0.1) is 26.1 Å². The Labute approximate surface area is 184 Å². The van der Waals surface area contributed by atoms with Crippen LogP contribution in [0.5, 0.6) is 11.5 Å². The van der Waals surface area contributed by atoms with Crippen LogP contribution in [0.3, 0.4) is 0 Å². The van der Waals surface area contributed by atoms with Crippen molar-refractivity contribution in [3.05, 3.63) is 24.4 Å². The lowest BCUT2D eigenvalue weighted by molar-refractivity contribution is -0.124. The van der Waals surface area contributed by atoms with Crippen LogP contribution >= 0.6 is 0 Å². The van der Waals surface area contributed by atoms with Gasteiger partial charge in [-0.25, -0.2) is 9.97 Å². The van der Waals surface area contributed by atoms with E-state index in [-0.39, 0.29) is 18.3 Å². The Hall–Kier alpha value is -3.57. The summed E-state index contributed by atoms with van der Waals surface area (Å²) < 4.78 is 15.8. The van der Waals surface area contributed by atoms with Crippen molar-refractivity contribution in [3.63, 3.8) is 0 Å². The molecule has 1 aliphatic rings. The highest BCUT2D eigenvalue weighted by molar-refractivity contribution is 5.92. The summed E-state index contributed by atoms with van der Waals surface area (Å²) >= 11 is 0. The van der Waals surface area contributed by atoms with Crippen molar-refractivity contribution in [2.45, 2.75) is 6.04 Å². The van der Waals surface area contributed by atoms with Crippen LogP contribution in [0.25, 0.3) is 22.4 Å². The molecule has 32 heavy (non-hydrogen) atoms. The van der Waals surface area contributed by atoms with E-state index in [1.54, 1.807) is 26.5 Å². The molecular weight excluding hydrogens is 414 g/mol. The molecule has 0 amide bonds. The summed E-state index contributed by atoms with van der Waals surface area (Å²) in [5.74, 6) is 1.67. The zero-order valence-electron chi connectivity index (χ0n) is 18.2. The molecule has 1 atom stereocenters. The molecule has 1 unspecified atom stereocenters. The Morgan fingerprint density at radius 2 is 2.00 bits per heavy atom. The lowest BCUT2D eigenvalue weighted by atomic mass is 10.1. The molecule has 1 saturated heterocycles. The van der Waals surface area contributed by atoms with Gasteiger partial charge in [-0.2, -0.15) is 9.97 Å². The molecule has 0 bridgehead atoms. The van der Waals surface area contributed by atoms with Crippen LogP contribution in [0.15, 0.2) is 24.4 Å². The third-order valence-corrected chi connectivity index (χ3v) is 5.26. The van der Waals surface area contributed by atoms with Crippen LogP contribution in [-0.2, 0) is 9.53 Å². The molecule has 0 saturated carbocycles. The minimum Gasteiger partial charge on any atom is -0.493 e. The van der Waals surface area contributed by atoms with Crippen LogP contribution in [-0.4, -0.2) is 79.3 Å². The number of piperazine rings is 1. The van der Waals surface area contributed by atoms with Crippen molar-refractivity contribution in [3.8, 4) is 22.8 Å².